The zero-order chi connectivity index (χ0) is 19.5. The number of carbonyl (C=O) groups excluding carboxylic acids is 1. The zero-order valence-corrected chi connectivity index (χ0v) is 17.4. The van der Waals surface area contributed by atoms with E-state index in [1.165, 1.54) is 15.3 Å². The minimum absolute atomic E-state index is 0.0348. The van der Waals surface area contributed by atoms with Crippen molar-refractivity contribution in [1.29, 1.82) is 0 Å². The predicted octanol–water partition coefficient (Wildman–Crippen LogP) is 4.41. The minimum Gasteiger partial charge on any atom is -0.493 e. The van der Waals surface area contributed by atoms with Crippen molar-refractivity contribution >= 4 is 34.3 Å². The summed E-state index contributed by atoms with van der Waals surface area (Å²) in [6.45, 7) is 1.21. The lowest BCUT2D eigenvalue weighted by molar-refractivity contribution is -0.117. The zero-order valence-electron chi connectivity index (χ0n) is 15.8. The van der Waals surface area contributed by atoms with Gasteiger partial charge in [-0.3, -0.25) is 9.69 Å². The number of hydrogen-bond donors (Lipinski definition) is 1. The molecule has 2 aromatic heterocycles. The smallest absolute Gasteiger partial charge is 0.238 e. The van der Waals surface area contributed by atoms with E-state index in [1.54, 1.807) is 37.7 Å². The van der Waals surface area contributed by atoms with Gasteiger partial charge in [-0.2, -0.15) is 0 Å². The number of nitrogens with zero attached hydrogens (tertiary/aromatic N) is 1. The van der Waals surface area contributed by atoms with Gasteiger partial charge in [0.1, 0.15) is 0 Å². The quantitative estimate of drug-likeness (QED) is 0.649. The fraction of sp³-hybridized carbons (Fsp3) is 0.286. The Kier molecular flexibility index (Phi) is 5.66. The highest BCUT2D eigenvalue weighted by molar-refractivity contribution is 7.10. The SMILES string of the molecule is COc1ccc(NC(=O)CN2CCc3sccc3C2c2cccs2)cc1OC. The molecule has 0 spiro atoms. The Morgan fingerprint density at radius 2 is 2.00 bits per heavy atom. The van der Waals surface area contributed by atoms with Gasteiger partial charge in [0.25, 0.3) is 0 Å². The number of amides is 1. The molecule has 1 amide bonds. The molecule has 1 aliphatic rings. The summed E-state index contributed by atoms with van der Waals surface area (Å²) in [4.78, 5) is 17.7. The van der Waals surface area contributed by atoms with Gasteiger partial charge in [-0.1, -0.05) is 6.07 Å². The van der Waals surface area contributed by atoms with Crippen LogP contribution in [0.15, 0.2) is 47.2 Å². The summed E-state index contributed by atoms with van der Waals surface area (Å²) < 4.78 is 10.6. The molecular formula is C21H22N2O3S2. The second kappa shape index (κ2) is 8.34. The molecule has 3 aromatic rings. The van der Waals surface area contributed by atoms with Gasteiger partial charge in [-0.25, -0.2) is 0 Å². The van der Waals surface area contributed by atoms with E-state index in [1.807, 2.05) is 17.4 Å². The van der Waals surface area contributed by atoms with Crippen LogP contribution in [-0.2, 0) is 11.2 Å². The Balaban J connectivity index is 1.51. The molecule has 3 heterocycles. The van der Waals surface area contributed by atoms with Crippen LogP contribution in [0.2, 0.25) is 0 Å². The van der Waals surface area contributed by atoms with E-state index < -0.39 is 0 Å². The van der Waals surface area contributed by atoms with Gasteiger partial charge in [0.2, 0.25) is 5.91 Å². The average Bonchev–Trinajstić information content (AvgIpc) is 3.39. The number of anilines is 1. The van der Waals surface area contributed by atoms with E-state index in [0.717, 1.165) is 13.0 Å². The topological polar surface area (TPSA) is 50.8 Å². The molecule has 5 nitrogen and oxygen atoms in total. The molecule has 0 saturated heterocycles. The molecule has 1 N–H and O–H groups in total. The first-order valence-electron chi connectivity index (χ1n) is 9.05. The lowest BCUT2D eigenvalue weighted by Gasteiger charge is -2.34. The Hall–Kier alpha value is -2.35. The van der Waals surface area contributed by atoms with Gasteiger partial charge in [0, 0.05) is 28.1 Å². The number of nitrogens with one attached hydrogen (secondary N) is 1. The summed E-state index contributed by atoms with van der Waals surface area (Å²) >= 11 is 3.55. The first-order chi connectivity index (χ1) is 13.7. The van der Waals surface area contributed by atoms with E-state index >= 15 is 0 Å². The van der Waals surface area contributed by atoms with Crippen LogP contribution in [0, 0.1) is 0 Å². The number of methoxy groups -OCH3 is 2. The molecule has 7 heteroatoms. The van der Waals surface area contributed by atoms with Crippen molar-refractivity contribution in [2.75, 3.05) is 32.6 Å². The third-order valence-electron chi connectivity index (χ3n) is 4.89. The van der Waals surface area contributed by atoms with Crippen molar-refractivity contribution in [1.82, 2.24) is 4.90 Å². The molecule has 146 valence electrons. The van der Waals surface area contributed by atoms with E-state index in [2.05, 4.69) is 39.2 Å². The standard InChI is InChI=1S/C21H22N2O3S2/c1-25-16-6-5-14(12-17(16)26-2)22-20(24)13-23-9-7-18-15(8-11-28-18)21(23)19-4-3-10-27-19/h3-6,8,10-12,21H,7,9,13H2,1-2H3,(H,22,24). The van der Waals surface area contributed by atoms with Crippen molar-refractivity contribution in [3.8, 4) is 11.5 Å². The van der Waals surface area contributed by atoms with Crippen molar-refractivity contribution in [3.05, 3.63) is 62.5 Å². The maximum Gasteiger partial charge on any atom is 0.238 e. The third kappa shape index (κ3) is 3.78. The fourth-order valence-electron chi connectivity index (χ4n) is 3.62. The molecule has 0 saturated carbocycles. The van der Waals surface area contributed by atoms with Crippen molar-refractivity contribution < 1.29 is 14.3 Å². The van der Waals surface area contributed by atoms with E-state index in [9.17, 15) is 4.79 Å². The van der Waals surface area contributed by atoms with Gasteiger partial charge in [-0.05, 0) is 47.0 Å². The predicted molar refractivity (Wildman–Crippen MR) is 114 cm³/mol. The van der Waals surface area contributed by atoms with Crippen molar-refractivity contribution in [2.45, 2.75) is 12.5 Å². The Morgan fingerprint density at radius 3 is 2.75 bits per heavy atom. The third-order valence-corrected chi connectivity index (χ3v) is 6.81. The van der Waals surface area contributed by atoms with Crippen molar-refractivity contribution in [3.63, 3.8) is 0 Å². The summed E-state index contributed by atoms with van der Waals surface area (Å²) in [7, 11) is 3.18. The van der Waals surface area contributed by atoms with Crippen LogP contribution in [0.4, 0.5) is 5.69 Å². The van der Waals surface area contributed by atoms with Gasteiger partial charge in [0.15, 0.2) is 11.5 Å². The molecule has 1 atom stereocenters. The molecule has 1 unspecified atom stereocenters. The molecule has 4 rings (SSSR count). The summed E-state index contributed by atoms with van der Waals surface area (Å²) in [6.07, 6.45) is 0.985. The molecule has 0 radical (unpaired) electrons. The lowest BCUT2D eigenvalue weighted by atomic mass is 9.98. The van der Waals surface area contributed by atoms with Gasteiger partial charge in [0.05, 0.1) is 26.8 Å². The summed E-state index contributed by atoms with van der Waals surface area (Å²) in [5, 5.41) is 7.24. The second-order valence-electron chi connectivity index (χ2n) is 6.56. The highest BCUT2D eigenvalue weighted by Gasteiger charge is 2.31. The van der Waals surface area contributed by atoms with Crippen LogP contribution in [-0.4, -0.2) is 38.1 Å². The highest BCUT2D eigenvalue weighted by Crippen LogP contribution is 2.39. The maximum absolute atomic E-state index is 12.8. The molecule has 0 fully saturated rings. The number of thiophene rings is 2. The van der Waals surface area contributed by atoms with Gasteiger partial charge >= 0.3 is 0 Å². The molecule has 28 heavy (non-hydrogen) atoms. The number of carbonyl (C=O) groups is 1. The number of fused-ring (bicyclic) bond motifs is 1. The Morgan fingerprint density at radius 1 is 1.14 bits per heavy atom. The molecule has 1 aliphatic heterocycles. The number of benzene rings is 1. The largest absolute Gasteiger partial charge is 0.493 e. The van der Waals surface area contributed by atoms with Crippen LogP contribution >= 0.6 is 22.7 Å². The monoisotopic (exact) mass is 414 g/mol. The highest BCUT2D eigenvalue weighted by atomic mass is 32.1. The lowest BCUT2D eigenvalue weighted by Crippen LogP contribution is -2.40. The van der Waals surface area contributed by atoms with E-state index in [4.69, 9.17) is 9.47 Å². The molecular weight excluding hydrogens is 392 g/mol. The first-order valence-corrected chi connectivity index (χ1v) is 10.8. The molecule has 0 aliphatic carbocycles. The van der Waals surface area contributed by atoms with Crippen LogP contribution in [0.25, 0.3) is 0 Å². The van der Waals surface area contributed by atoms with Crippen LogP contribution in [0.3, 0.4) is 0 Å². The summed E-state index contributed by atoms with van der Waals surface area (Å²) in [6, 6.07) is 12.0. The van der Waals surface area contributed by atoms with Gasteiger partial charge in [-0.15, -0.1) is 22.7 Å². The fourth-order valence-corrected chi connectivity index (χ4v) is 5.40. The number of ether oxygens (including phenoxy) is 2. The maximum atomic E-state index is 12.8. The summed E-state index contributed by atoms with van der Waals surface area (Å²) in [5.41, 5.74) is 2.03. The molecule has 1 aromatic carbocycles. The van der Waals surface area contributed by atoms with Crippen LogP contribution in [0.5, 0.6) is 11.5 Å². The van der Waals surface area contributed by atoms with Crippen LogP contribution < -0.4 is 14.8 Å². The Labute approximate surface area is 172 Å². The second-order valence-corrected chi connectivity index (χ2v) is 8.54. The summed E-state index contributed by atoms with van der Waals surface area (Å²) in [5.74, 6) is 1.20. The van der Waals surface area contributed by atoms with Crippen molar-refractivity contribution in [2.24, 2.45) is 0 Å². The average molecular weight is 415 g/mol. The normalized spacial score (nSPS) is 16.4. The van der Waals surface area contributed by atoms with Gasteiger partial charge < -0.3 is 14.8 Å². The first kappa shape index (κ1) is 19.0. The van der Waals surface area contributed by atoms with E-state index in [0.29, 0.717) is 23.7 Å². The van der Waals surface area contributed by atoms with Crippen LogP contribution in [0.1, 0.15) is 21.4 Å². The molecule has 0 bridgehead atoms. The minimum atomic E-state index is -0.0348. The number of hydrogen-bond acceptors (Lipinski definition) is 6. The Bertz CT molecular complexity index is 952. The number of rotatable bonds is 6. The van der Waals surface area contributed by atoms with E-state index in [-0.39, 0.29) is 11.9 Å².